The number of hydrogen-bond donors (Lipinski definition) is 1. The molecule has 4 heterocycles. The van der Waals surface area contributed by atoms with Gasteiger partial charge in [-0.05, 0) is 51.7 Å². The molecule has 0 spiro atoms. The van der Waals surface area contributed by atoms with Gasteiger partial charge in [-0.1, -0.05) is 0 Å². The second-order valence-electron chi connectivity index (χ2n) is 8.49. The molecule has 1 aromatic heterocycles. The van der Waals surface area contributed by atoms with Gasteiger partial charge in [0.05, 0.1) is 24.1 Å². The summed E-state index contributed by atoms with van der Waals surface area (Å²) in [5, 5.41) is 3.05. The van der Waals surface area contributed by atoms with Crippen LogP contribution in [0.1, 0.15) is 39.5 Å². The lowest BCUT2D eigenvalue weighted by molar-refractivity contribution is -0.0712. The molecular formula is C21H33N5O2. The Morgan fingerprint density at radius 2 is 1.89 bits per heavy atom. The van der Waals surface area contributed by atoms with E-state index in [9.17, 15) is 4.79 Å². The average Bonchev–Trinajstić information content (AvgIpc) is 3.33. The van der Waals surface area contributed by atoms with Gasteiger partial charge in [0.2, 0.25) is 0 Å². The highest BCUT2D eigenvalue weighted by molar-refractivity contribution is 5.89. The zero-order chi connectivity index (χ0) is 19.5. The summed E-state index contributed by atoms with van der Waals surface area (Å²) in [6.07, 6.45) is 6.90. The van der Waals surface area contributed by atoms with Gasteiger partial charge in [0.1, 0.15) is 5.82 Å². The maximum Gasteiger partial charge on any atom is 0.322 e. The Hall–Kier alpha value is -1.86. The standard InChI is InChI=1S/C21H33N5O2/c1-16-13-24(14-17(2)28-16)15-19-6-5-11-26(19)21(27)23-18-7-8-20(22-12-18)25-9-3-4-10-25/h7-8,12,16-17,19H,3-6,9-11,13-15H2,1-2H3,(H,23,27). The van der Waals surface area contributed by atoms with Crippen LogP contribution in [0.4, 0.5) is 16.3 Å². The molecular weight excluding hydrogens is 354 g/mol. The number of carbonyl (C=O) groups excluding carboxylic acids is 1. The number of hydrogen-bond acceptors (Lipinski definition) is 5. The van der Waals surface area contributed by atoms with Crippen LogP contribution < -0.4 is 10.2 Å². The van der Waals surface area contributed by atoms with E-state index in [2.05, 4.69) is 33.9 Å². The number of rotatable bonds is 4. The SMILES string of the molecule is CC1CN(CC2CCCN2C(=O)Nc2ccc(N3CCCC3)nc2)CC(C)O1. The van der Waals surface area contributed by atoms with E-state index in [-0.39, 0.29) is 24.3 Å². The number of carbonyl (C=O) groups is 1. The van der Waals surface area contributed by atoms with E-state index >= 15 is 0 Å². The van der Waals surface area contributed by atoms with Crippen molar-refractivity contribution in [2.75, 3.05) is 49.5 Å². The monoisotopic (exact) mass is 387 g/mol. The molecule has 154 valence electrons. The summed E-state index contributed by atoms with van der Waals surface area (Å²) in [5.41, 5.74) is 0.771. The minimum Gasteiger partial charge on any atom is -0.373 e. The predicted octanol–water partition coefficient (Wildman–Crippen LogP) is 2.79. The van der Waals surface area contributed by atoms with Crippen LogP contribution in [0.2, 0.25) is 0 Å². The molecule has 7 nitrogen and oxygen atoms in total. The smallest absolute Gasteiger partial charge is 0.322 e. The molecule has 0 saturated carbocycles. The highest BCUT2D eigenvalue weighted by Gasteiger charge is 2.32. The molecule has 0 bridgehead atoms. The fourth-order valence-corrected chi connectivity index (χ4v) is 4.81. The number of morpholine rings is 1. The normalized spacial score (nSPS) is 28.7. The van der Waals surface area contributed by atoms with Gasteiger partial charge in [-0.15, -0.1) is 0 Å². The van der Waals surface area contributed by atoms with E-state index in [1.54, 1.807) is 6.20 Å². The Balaban J connectivity index is 1.33. The molecule has 3 aliphatic heterocycles. The molecule has 3 aliphatic rings. The lowest BCUT2D eigenvalue weighted by atomic mass is 10.1. The van der Waals surface area contributed by atoms with Gasteiger partial charge >= 0.3 is 6.03 Å². The second-order valence-corrected chi connectivity index (χ2v) is 8.49. The number of anilines is 2. The first-order valence-electron chi connectivity index (χ1n) is 10.7. The van der Waals surface area contributed by atoms with Crippen molar-refractivity contribution in [3.05, 3.63) is 18.3 Å². The zero-order valence-electron chi connectivity index (χ0n) is 17.1. The van der Waals surface area contributed by atoms with E-state index in [0.717, 1.165) is 63.6 Å². The predicted molar refractivity (Wildman–Crippen MR) is 111 cm³/mol. The molecule has 3 fully saturated rings. The van der Waals surface area contributed by atoms with Crippen molar-refractivity contribution < 1.29 is 9.53 Å². The highest BCUT2D eigenvalue weighted by atomic mass is 16.5. The van der Waals surface area contributed by atoms with Crippen LogP contribution in [0.5, 0.6) is 0 Å². The Kier molecular flexibility index (Phi) is 6.01. The number of nitrogens with one attached hydrogen (secondary N) is 1. The largest absolute Gasteiger partial charge is 0.373 e. The lowest BCUT2D eigenvalue weighted by Gasteiger charge is -2.38. The summed E-state index contributed by atoms with van der Waals surface area (Å²) >= 11 is 0. The van der Waals surface area contributed by atoms with E-state index in [1.165, 1.54) is 12.8 Å². The molecule has 2 amide bonds. The summed E-state index contributed by atoms with van der Waals surface area (Å²) in [7, 11) is 0. The average molecular weight is 388 g/mol. The minimum atomic E-state index is -0.00687. The third-order valence-corrected chi connectivity index (χ3v) is 6.03. The Morgan fingerprint density at radius 1 is 1.14 bits per heavy atom. The van der Waals surface area contributed by atoms with E-state index in [1.807, 2.05) is 17.0 Å². The summed E-state index contributed by atoms with van der Waals surface area (Å²) in [4.78, 5) is 24.2. The van der Waals surface area contributed by atoms with Gasteiger partial charge in [-0.3, -0.25) is 4.90 Å². The lowest BCUT2D eigenvalue weighted by Crippen LogP contribution is -2.51. The maximum absolute atomic E-state index is 12.9. The van der Waals surface area contributed by atoms with Crippen molar-refractivity contribution in [3.8, 4) is 0 Å². The number of nitrogens with zero attached hydrogens (tertiary/aromatic N) is 4. The van der Waals surface area contributed by atoms with Gasteiger partial charge in [0.15, 0.2) is 0 Å². The second kappa shape index (κ2) is 8.66. The van der Waals surface area contributed by atoms with Crippen LogP contribution in [0.15, 0.2) is 18.3 Å². The first-order chi connectivity index (χ1) is 13.6. The van der Waals surface area contributed by atoms with Gasteiger partial charge in [0, 0.05) is 45.3 Å². The molecule has 7 heteroatoms. The molecule has 0 aromatic carbocycles. The summed E-state index contributed by atoms with van der Waals surface area (Å²) < 4.78 is 5.84. The van der Waals surface area contributed by atoms with Gasteiger partial charge in [-0.25, -0.2) is 9.78 Å². The van der Waals surface area contributed by atoms with Crippen LogP contribution in [-0.2, 0) is 4.74 Å². The maximum atomic E-state index is 12.9. The molecule has 3 saturated heterocycles. The fraction of sp³-hybridized carbons (Fsp3) is 0.714. The molecule has 1 N–H and O–H groups in total. The summed E-state index contributed by atoms with van der Waals surface area (Å²) in [6.45, 7) is 10.0. The molecule has 1 aromatic rings. The first-order valence-corrected chi connectivity index (χ1v) is 10.7. The van der Waals surface area contributed by atoms with Crippen LogP contribution >= 0.6 is 0 Å². The number of ether oxygens (including phenoxy) is 1. The number of likely N-dealkylation sites (tertiary alicyclic amines) is 1. The summed E-state index contributed by atoms with van der Waals surface area (Å²) in [5.74, 6) is 1.00. The number of urea groups is 1. The van der Waals surface area contributed by atoms with Crippen LogP contribution in [0.25, 0.3) is 0 Å². The van der Waals surface area contributed by atoms with Gasteiger partial charge in [0.25, 0.3) is 0 Å². The molecule has 28 heavy (non-hydrogen) atoms. The van der Waals surface area contributed by atoms with Crippen molar-refractivity contribution in [1.82, 2.24) is 14.8 Å². The van der Waals surface area contributed by atoms with Crippen molar-refractivity contribution >= 4 is 17.5 Å². The molecule has 0 aliphatic carbocycles. The van der Waals surface area contributed by atoms with Crippen LogP contribution in [0.3, 0.4) is 0 Å². The molecule has 3 unspecified atom stereocenters. The Labute approximate surface area is 168 Å². The summed E-state index contributed by atoms with van der Waals surface area (Å²) in [6, 6.07) is 4.25. The van der Waals surface area contributed by atoms with E-state index in [0.29, 0.717) is 0 Å². The molecule has 3 atom stereocenters. The molecule has 4 rings (SSSR count). The van der Waals surface area contributed by atoms with Crippen molar-refractivity contribution in [2.24, 2.45) is 0 Å². The Bertz CT molecular complexity index is 651. The van der Waals surface area contributed by atoms with E-state index < -0.39 is 0 Å². The van der Waals surface area contributed by atoms with Crippen molar-refractivity contribution in [2.45, 2.75) is 57.8 Å². The van der Waals surface area contributed by atoms with E-state index in [4.69, 9.17) is 4.74 Å². The third kappa shape index (κ3) is 4.58. The van der Waals surface area contributed by atoms with Gasteiger partial charge < -0.3 is 19.9 Å². The van der Waals surface area contributed by atoms with Gasteiger partial charge in [-0.2, -0.15) is 0 Å². The third-order valence-electron chi connectivity index (χ3n) is 6.03. The number of amides is 2. The number of pyridine rings is 1. The zero-order valence-corrected chi connectivity index (χ0v) is 17.1. The van der Waals surface area contributed by atoms with Crippen LogP contribution in [-0.4, -0.2) is 78.3 Å². The Morgan fingerprint density at radius 3 is 2.57 bits per heavy atom. The first kappa shape index (κ1) is 19.5. The van der Waals surface area contributed by atoms with Crippen molar-refractivity contribution in [3.63, 3.8) is 0 Å². The quantitative estimate of drug-likeness (QED) is 0.861. The number of aromatic nitrogens is 1. The van der Waals surface area contributed by atoms with Crippen LogP contribution in [0, 0.1) is 0 Å². The topological polar surface area (TPSA) is 60.9 Å². The van der Waals surface area contributed by atoms with Crippen molar-refractivity contribution in [1.29, 1.82) is 0 Å². The highest BCUT2D eigenvalue weighted by Crippen LogP contribution is 2.23. The minimum absolute atomic E-state index is 0.00687. The fourth-order valence-electron chi connectivity index (χ4n) is 4.81. The molecule has 0 radical (unpaired) electrons.